The molecule has 6 nitrogen and oxygen atoms in total. The number of carbonyl (C=O) groups is 1. The molecule has 3 fully saturated rings. The van der Waals surface area contributed by atoms with E-state index in [1.54, 1.807) is 12.1 Å². The molecule has 1 saturated carbocycles. The van der Waals surface area contributed by atoms with Gasteiger partial charge in [-0.1, -0.05) is 42.5 Å². The molecule has 222 valence electrons. The lowest BCUT2D eigenvalue weighted by Gasteiger charge is -2.52. The summed E-state index contributed by atoms with van der Waals surface area (Å²) in [5, 5.41) is 0. The summed E-state index contributed by atoms with van der Waals surface area (Å²) in [5.74, 6) is 0.645. The molecule has 0 N–H and O–H groups in total. The molecule has 42 heavy (non-hydrogen) atoms. The Bertz CT molecular complexity index is 1420. The summed E-state index contributed by atoms with van der Waals surface area (Å²) in [6, 6.07) is 15.4. The van der Waals surface area contributed by atoms with E-state index in [2.05, 4.69) is 26.7 Å². The Hall–Kier alpha value is -3.30. The number of benzene rings is 2. The minimum Gasteiger partial charge on any atom is -0.338 e. The molecule has 0 radical (unpaired) electrons. The lowest BCUT2D eigenvalue weighted by Crippen LogP contribution is -2.63. The van der Waals surface area contributed by atoms with Crippen LogP contribution in [0.2, 0.25) is 0 Å². The normalized spacial score (nSPS) is 20.6. The van der Waals surface area contributed by atoms with Gasteiger partial charge in [-0.25, -0.2) is 9.97 Å². The molecule has 2 aliphatic heterocycles. The zero-order chi connectivity index (χ0) is 29.7. The standard InChI is InChI=1S/C33H38F3N5O/c1-23-28(24(2)38-29(37-23)26-7-5-4-6-8-26)30(42)39-17-15-31(3,16-18-39)41-20-19-40(32(22-41)13-14-32)21-25-9-11-27(12-10-25)33(34,35)36/h4-12H,13-22H2,1-3H3. The number of carbonyl (C=O) groups excluding carboxylic acids is 1. The van der Waals surface area contributed by atoms with Crippen molar-refractivity contribution in [2.75, 3.05) is 32.7 Å². The predicted octanol–water partition coefficient (Wildman–Crippen LogP) is 6.12. The van der Waals surface area contributed by atoms with Gasteiger partial charge in [0.05, 0.1) is 22.5 Å². The number of hydrogen-bond donors (Lipinski definition) is 0. The Morgan fingerprint density at radius 3 is 2.05 bits per heavy atom. The van der Waals surface area contributed by atoms with Gasteiger partial charge in [-0.3, -0.25) is 14.6 Å². The van der Waals surface area contributed by atoms with E-state index in [-0.39, 0.29) is 17.0 Å². The number of amides is 1. The monoisotopic (exact) mass is 577 g/mol. The predicted molar refractivity (Wildman–Crippen MR) is 156 cm³/mol. The van der Waals surface area contributed by atoms with Crippen molar-refractivity contribution in [3.05, 3.63) is 82.7 Å². The van der Waals surface area contributed by atoms with Crippen LogP contribution in [-0.2, 0) is 12.7 Å². The number of aromatic nitrogens is 2. The van der Waals surface area contributed by atoms with Crippen LogP contribution >= 0.6 is 0 Å². The number of likely N-dealkylation sites (tertiary alicyclic amines) is 1. The minimum absolute atomic E-state index is 0.00454. The Labute approximate surface area is 245 Å². The molecule has 3 aromatic rings. The van der Waals surface area contributed by atoms with Crippen molar-refractivity contribution >= 4 is 5.91 Å². The Kier molecular flexibility index (Phi) is 7.38. The number of hydrogen-bond acceptors (Lipinski definition) is 5. The second-order valence-corrected chi connectivity index (χ2v) is 12.5. The van der Waals surface area contributed by atoms with Crippen LogP contribution in [0.5, 0.6) is 0 Å². The quantitative estimate of drug-likeness (QED) is 0.366. The fraction of sp³-hybridized carbons (Fsp3) is 0.485. The van der Waals surface area contributed by atoms with Gasteiger partial charge in [0.2, 0.25) is 0 Å². The Balaban J connectivity index is 1.08. The van der Waals surface area contributed by atoms with Crippen molar-refractivity contribution in [1.82, 2.24) is 24.7 Å². The summed E-state index contributed by atoms with van der Waals surface area (Å²) in [4.78, 5) is 30.0. The molecule has 0 unspecified atom stereocenters. The van der Waals surface area contributed by atoms with Crippen LogP contribution in [-0.4, -0.2) is 74.4 Å². The number of piperazine rings is 1. The van der Waals surface area contributed by atoms with Crippen molar-refractivity contribution in [2.45, 2.75) is 70.3 Å². The number of nitrogens with zero attached hydrogens (tertiary/aromatic N) is 5. The molecule has 3 heterocycles. The molecule has 3 aliphatic rings. The van der Waals surface area contributed by atoms with Crippen molar-refractivity contribution in [3.63, 3.8) is 0 Å². The van der Waals surface area contributed by atoms with Gasteiger partial charge in [-0.15, -0.1) is 0 Å². The zero-order valence-corrected chi connectivity index (χ0v) is 24.5. The van der Waals surface area contributed by atoms with Crippen molar-refractivity contribution in [1.29, 1.82) is 0 Å². The van der Waals surface area contributed by atoms with Crippen LogP contribution in [0, 0.1) is 13.8 Å². The molecule has 2 saturated heterocycles. The van der Waals surface area contributed by atoms with Gasteiger partial charge >= 0.3 is 6.18 Å². The van der Waals surface area contributed by atoms with Crippen molar-refractivity contribution in [3.8, 4) is 11.4 Å². The second-order valence-electron chi connectivity index (χ2n) is 12.5. The molecule has 0 bridgehead atoms. The SMILES string of the molecule is Cc1nc(-c2ccccc2)nc(C)c1C(=O)N1CCC(C)(N2CCN(Cc3ccc(C(F)(F)F)cc3)C3(CC3)C2)CC1. The van der Waals surface area contributed by atoms with Crippen LogP contribution in [0.3, 0.4) is 0 Å². The van der Waals surface area contributed by atoms with Gasteiger partial charge in [-0.2, -0.15) is 13.2 Å². The molecule has 0 atom stereocenters. The third-order valence-electron chi connectivity index (χ3n) is 9.69. The number of halogens is 3. The Morgan fingerprint density at radius 1 is 0.857 bits per heavy atom. The van der Waals surface area contributed by atoms with Gasteiger partial charge in [0, 0.05) is 55.9 Å². The lowest BCUT2D eigenvalue weighted by molar-refractivity contribution is -0.137. The summed E-state index contributed by atoms with van der Waals surface area (Å²) in [7, 11) is 0. The average Bonchev–Trinajstić information content (AvgIpc) is 3.74. The van der Waals surface area contributed by atoms with Crippen molar-refractivity contribution in [2.24, 2.45) is 0 Å². The minimum atomic E-state index is -4.31. The molecule has 6 rings (SSSR count). The molecule has 2 aromatic carbocycles. The van der Waals surface area contributed by atoms with Crippen LogP contribution in [0.1, 0.15) is 65.5 Å². The van der Waals surface area contributed by atoms with Crippen LogP contribution in [0.15, 0.2) is 54.6 Å². The highest BCUT2D eigenvalue weighted by Gasteiger charge is 2.53. The number of rotatable bonds is 5. The highest BCUT2D eigenvalue weighted by molar-refractivity contribution is 5.96. The average molecular weight is 578 g/mol. The fourth-order valence-electron chi connectivity index (χ4n) is 6.77. The summed E-state index contributed by atoms with van der Waals surface area (Å²) in [6.07, 6.45) is -0.288. The van der Waals surface area contributed by atoms with Crippen LogP contribution in [0.25, 0.3) is 11.4 Å². The van der Waals surface area contributed by atoms with Crippen LogP contribution < -0.4 is 0 Å². The van der Waals surface area contributed by atoms with E-state index >= 15 is 0 Å². The van der Waals surface area contributed by atoms with Gasteiger partial charge in [0.15, 0.2) is 5.82 Å². The van der Waals surface area contributed by atoms with Gasteiger partial charge in [-0.05, 0) is 64.2 Å². The first-order chi connectivity index (χ1) is 20.0. The van der Waals surface area contributed by atoms with Crippen LogP contribution in [0.4, 0.5) is 13.2 Å². The van der Waals surface area contributed by atoms with E-state index in [0.717, 1.165) is 56.4 Å². The third kappa shape index (κ3) is 5.56. The zero-order valence-electron chi connectivity index (χ0n) is 24.5. The Morgan fingerprint density at radius 2 is 1.48 bits per heavy atom. The third-order valence-corrected chi connectivity index (χ3v) is 9.69. The summed E-state index contributed by atoms with van der Waals surface area (Å²) in [5.41, 5.74) is 3.38. The molecule has 1 amide bonds. The maximum absolute atomic E-state index is 13.6. The highest BCUT2D eigenvalue weighted by atomic mass is 19.4. The second kappa shape index (κ2) is 10.8. The smallest absolute Gasteiger partial charge is 0.338 e. The number of piperidine rings is 1. The molecule has 1 aliphatic carbocycles. The first-order valence-corrected chi connectivity index (χ1v) is 14.8. The number of aryl methyl sites for hydroxylation is 2. The maximum Gasteiger partial charge on any atom is 0.416 e. The van der Waals surface area contributed by atoms with Gasteiger partial charge < -0.3 is 4.90 Å². The summed E-state index contributed by atoms with van der Waals surface area (Å²) >= 11 is 0. The first kappa shape index (κ1) is 28.8. The number of alkyl halides is 3. The first-order valence-electron chi connectivity index (χ1n) is 14.8. The maximum atomic E-state index is 13.6. The highest BCUT2D eigenvalue weighted by Crippen LogP contribution is 2.47. The molecule has 9 heteroatoms. The lowest BCUT2D eigenvalue weighted by atomic mass is 9.85. The van der Waals surface area contributed by atoms with E-state index in [1.807, 2.05) is 49.1 Å². The topological polar surface area (TPSA) is 52.6 Å². The van der Waals surface area contributed by atoms with E-state index in [1.165, 1.54) is 12.1 Å². The van der Waals surface area contributed by atoms with E-state index in [9.17, 15) is 18.0 Å². The molecular weight excluding hydrogens is 539 g/mol. The molecular formula is C33H38F3N5O. The fourth-order valence-corrected chi connectivity index (χ4v) is 6.77. The summed E-state index contributed by atoms with van der Waals surface area (Å²) in [6.45, 7) is 10.9. The molecule has 1 spiro atoms. The summed E-state index contributed by atoms with van der Waals surface area (Å²) < 4.78 is 39.0. The van der Waals surface area contributed by atoms with Crippen molar-refractivity contribution < 1.29 is 18.0 Å². The van der Waals surface area contributed by atoms with E-state index < -0.39 is 11.7 Å². The van der Waals surface area contributed by atoms with Gasteiger partial charge in [0.25, 0.3) is 5.91 Å². The van der Waals surface area contributed by atoms with Gasteiger partial charge in [0.1, 0.15) is 0 Å². The molecule has 1 aromatic heterocycles. The van der Waals surface area contributed by atoms with E-state index in [0.29, 0.717) is 42.4 Å². The van der Waals surface area contributed by atoms with E-state index in [4.69, 9.17) is 0 Å². The largest absolute Gasteiger partial charge is 0.416 e.